The van der Waals surface area contributed by atoms with Crippen LogP contribution in [-0.2, 0) is 11.3 Å². The second-order valence-corrected chi connectivity index (χ2v) is 4.56. The number of amides is 1. The highest BCUT2D eigenvalue weighted by molar-refractivity contribution is 7.81. The van der Waals surface area contributed by atoms with Gasteiger partial charge in [-0.15, -0.1) is 0 Å². The summed E-state index contributed by atoms with van der Waals surface area (Å²) in [6.45, 7) is 1.91. The molecule has 18 heavy (non-hydrogen) atoms. The van der Waals surface area contributed by atoms with Crippen LogP contribution in [0.15, 0.2) is 18.2 Å². The van der Waals surface area contributed by atoms with Gasteiger partial charge in [0.25, 0.3) is 0 Å². The van der Waals surface area contributed by atoms with Crippen molar-refractivity contribution < 1.29 is 14.3 Å². The fourth-order valence-corrected chi connectivity index (χ4v) is 2.03. The van der Waals surface area contributed by atoms with Crippen molar-refractivity contribution in [1.82, 2.24) is 4.90 Å². The van der Waals surface area contributed by atoms with Crippen molar-refractivity contribution in [2.45, 2.75) is 13.0 Å². The van der Waals surface area contributed by atoms with Crippen molar-refractivity contribution in [2.24, 2.45) is 0 Å². The number of hydrogen-bond acceptors (Lipinski definition) is 4. The number of carbonyl (C=O) groups excluding carboxylic acids is 1. The Balaban J connectivity index is 2.10. The van der Waals surface area contributed by atoms with E-state index in [9.17, 15) is 4.79 Å². The summed E-state index contributed by atoms with van der Waals surface area (Å²) in [6, 6.07) is 5.79. The van der Waals surface area contributed by atoms with Gasteiger partial charge in [0.15, 0.2) is 11.5 Å². The first kappa shape index (κ1) is 13.1. The number of rotatable bonds is 3. The van der Waals surface area contributed by atoms with Gasteiger partial charge in [-0.3, -0.25) is 4.79 Å². The zero-order valence-electron chi connectivity index (χ0n) is 10.4. The lowest BCUT2D eigenvalue weighted by Crippen LogP contribution is -2.27. The Morgan fingerprint density at radius 1 is 1.33 bits per heavy atom. The van der Waals surface area contributed by atoms with Crippen molar-refractivity contribution in [3.05, 3.63) is 23.8 Å². The summed E-state index contributed by atoms with van der Waals surface area (Å²) in [7, 11) is 1.77. The standard InChI is InChI=1S/C13H17NO3S/c1-14(13(15)9-18)8-10-3-4-11-12(7-10)17-6-2-5-16-11/h3-4,7,18H,2,5-6,8-9H2,1H3. The van der Waals surface area contributed by atoms with Crippen LogP contribution in [0.25, 0.3) is 0 Å². The number of benzene rings is 1. The molecule has 5 heteroatoms. The number of carbonyl (C=O) groups is 1. The third-order valence-electron chi connectivity index (χ3n) is 2.79. The van der Waals surface area contributed by atoms with Crippen molar-refractivity contribution in [2.75, 3.05) is 26.0 Å². The SMILES string of the molecule is CN(Cc1ccc2c(c1)OCCCO2)C(=O)CS. The van der Waals surface area contributed by atoms with E-state index in [1.807, 2.05) is 18.2 Å². The molecule has 0 spiro atoms. The largest absolute Gasteiger partial charge is 0.490 e. The molecular weight excluding hydrogens is 250 g/mol. The van der Waals surface area contributed by atoms with Gasteiger partial charge < -0.3 is 14.4 Å². The van der Waals surface area contributed by atoms with Gasteiger partial charge in [0.05, 0.1) is 19.0 Å². The van der Waals surface area contributed by atoms with E-state index in [0.717, 1.165) is 23.5 Å². The Bertz CT molecular complexity index is 436. The first-order valence-electron chi connectivity index (χ1n) is 5.94. The highest BCUT2D eigenvalue weighted by Crippen LogP contribution is 2.30. The van der Waals surface area contributed by atoms with E-state index in [0.29, 0.717) is 19.8 Å². The number of nitrogens with zero attached hydrogens (tertiary/aromatic N) is 1. The number of thiol groups is 1. The van der Waals surface area contributed by atoms with Gasteiger partial charge in [-0.05, 0) is 17.7 Å². The van der Waals surface area contributed by atoms with E-state index in [1.165, 1.54) is 0 Å². The van der Waals surface area contributed by atoms with Crippen LogP contribution in [0, 0.1) is 0 Å². The average molecular weight is 267 g/mol. The molecule has 0 radical (unpaired) electrons. The highest BCUT2D eigenvalue weighted by Gasteiger charge is 2.12. The van der Waals surface area contributed by atoms with E-state index in [4.69, 9.17) is 9.47 Å². The summed E-state index contributed by atoms with van der Waals surface area (Å²) < 4.78 is 11.2. The highest BCUT2D eigenvalue weighted by atomic mass is 32.1. The van der Waals surface area contributed by atoms with E-state index in [1.54, 1.807) is 11.9 Å². The molecule has 4 nitrogen and oxygen atoms in total. The molecule has 0 unspecified atom stereocenters. The molecule has 0 fully saturated rings. The number of hydrogen-bond donors (Lipinski definition) is 1. The molecule has 1 aromatic carbocycles. The van der Waals surface area contributed by atoms with Crippen LogP contribution in [0.3, 0.4) is 0 Å². The van der Waals surface area contributed by atoms with E-state index in [2.05, 4.69) is 12.6 Å². The molecule has 2 rings (SSSR count). The Morgan fingerprint density at radius 2 is 2.06 bits per heavy atom. The molecule has 1 aliphatic rings. The maximum absolute atomic E-state index is 11.5. The summed E-state index contributed by atoms with van der Waals surface area (Å²) in [4.78, 5) is 13.1. The third kappa shape index (κ3) is 3.10. The Labute approximate surface area is 112 Å². The monoisotopic (exact) mass is 267 g/mol. The van der Waals surface area contributed by atoms with Crippen LogP contribution >= 0.6 is 12.6 Å². The van der Waals surface area contributed by atoms with E-state index in [-0.39, 0.29) is 11.7 Å². The second kappa shape index (κ2) is 6.00. The molecule has 0 aliphatic carbocycles. The normalized spacial score (nSPS) is 13.9. The summed E-state index contributed by atoms with van der Waals surface area (Å²) in [5.41, 5.74) is 1.02. The Hall–Kier alpha value is -1.36. The molecule has 0 atom stereocenters. The molecule has 1 aromatic rings. The predicted molar refractivity (Wildman–Crippen MR) is 72.4 cm³/mol. The molecule has 0 saturated heterocycles. The van der Waals surface area contributed by atoms with Crippen LogP contribution < -0.4 is 9.47 Å². The second-order valence-electron chi connectivity index (χ2n) is 4.24. The molecular formula is C13H17NO3S. The average Bonchev–Trinajstić information content (AvgIpc) is 2.62. The Kier molecular flexibility index (Phi) is 4.36. The van der Waals surface area contributed by atoms with Crippen LogP contribution in [0.5, 0.6) is 11.5 Å². The first-order chi connectivity index (χ1) is 8.70. The summed E-state index contributed by atoms with van der Waals surface area (Å²) in [5.74, 6) is 1.77. The van der Waals surface area contributed by atoms with Crippen LogP contribution in [0.1, 0.15) is 12.0 Å². The van der Waals surface area contributed by atoms with Crippen molar-refractivity contribution in [3.63, 3.8) is 0 Å². The molecule has 0 bridgehead atoms. The fourth-order valence-electron chi connectivity index (χ4n) is 1.79. The first-order valence-corrected chi connectivity index (χ1v) is 6.57. The van der Waals surface area contributed by atoms with Gasteiger partial charge in [-0.1, -0.05) is 6.07 Å². The van der Waals surface area contributed by atoms with Crippen molar-refractivity contribution in [1.29, 1.82) is 0 Å². The zero-order valence-corrected chi connectivity index (χ0v) is 11.3. The molecule has 1 amide bonds. The summed E-state index contributed by atoms with van der Waals surface area (Å²) in [6.07, 6.45) is 0.891. The van der Waals surface area contributed by atoms with Gasteiger partial charge >= 0.3 is 0 Å². The molecule has 0 aromatic heterocycles. The van der Waals surface area contributed by atoms with Crippen LogP contribution in [-0.4, -0.2) is 36.8 Å². The number of fused-ring (bicyclic) bond motifs is 1. The van der Waals surface area contributed by atoms with Gasteiger partial charge in [-0.2, -0.15) is 12.6 Å². The fraction of sp³-hybridized carbons (Fsp3) is 0.462. The van der Waals surface area contributed by atoms with Gasteiger partial charge in [0.2, 0.25) is 5.91 Å². The molecule has 1 aliphatic heterocycles. The Morgan fingerprint density at radius 3 is 2.78 bits per heavy atom. The van der Waals surface area contributed by atoms with Gasteiger partial charge in [-0.25, -0.2) is 0 Å². The number of ether oxygens (including phenoxy) is 2. The van der Waals surface area contributed by atoms with Gasteiger partial charge in [0, 0.05) is 20.0 Å². The third-order valence-corrected chi connectivity index (χ3v) is 3.06. The lowest BCUT2D eigenvalue weighted by molar-refractivity contribution is -0.127. The molecule has 98 valence electrons. The topological polar surface area (TPSA) is 38.8 Å². The van der Waals surface area contributed by atoms with Crippen LogP contribution in [0.2, 0.25) is 0 Å². The minimum absolute atomic E-state index is 0.00504. The molecule has 0 saturated carbocycles. The smallest absolute Gasteiger partial charge is 0.232 e. The van der Waals surface area contributed by atoms with Crippen molar-refractivity contribution in [3.8, 4) is 11.5 Å². The summed E-state index contributed by atoms with van der Waals surface area (Å²) in [5, 5.41) is 0. The van der Waals surface area contributed by atoms with E-state index >= 15 is 0 Å². The predicted octanol–water partition coefficient (Wildman–Crippen LogP) is 1.74. The lowest BCUT2D eigenvalue weighted by atomic mass is 10.2. The molecule has 1 heterocycles. The van der Waals surface area contributed by atoms with Crippen molar-refractivity contribution >= 4 is 18.5 Å². The quantitative estimate of drug-likeness (QED) is 0.848. The summed E-state index contributed by atoms with van der Waals surface area (Å²) >= 11 is 3.98. The zero-order chi connectivity index (χ0) is 13.0. The minimum atomic E-state index is 0.00504. The minimum Gasteiger partial charge on any atom is -0.490 e. The van der Waals surface area contributed by atoms with Crippen LogP contribution in [0.4, 0.5) is 0 Å². The van der Waals surface area contributed by atoms with E-state index < -0.39 is 0 Å². The molecule has 0 N–H and O–H groups in total. The maximum atomic E-state index is 11.5. The van der Waals surface area contributed by atoms with Gasteiger partial charge in [0.1, 0.15) is 0 Å². The maximum Gasteiger partial charge on any atom is 0.232 e. The lowest BCUT2D eigenvalue weighted by Gasteiger charge is -2.17.